The molecule has 0 radical (unpaired) electrons. The van der Waals surface area contributed by atoms with Gasteiger partial charge in [0.2, 0.25) is 10.0 Å². The van der Waals surface area contributed by atoms with Crippen molar-refractivity contribution in [2.45, 2.75) is 36.8 Å². The van der Waals surface area contributed by atoms with Crippen LogP contribution in [0.2, 0.25) is 5.02 Å². The molecule has 5 nitrogen and oxygen atoms in total. The zero-order chi connectivity index (χ0) is 14.6. The molecule has 112 valence electrons. The van der Waals surface area contributed by atoms with Gasteiger partial charge in [-0.15, -0.1) is 0 Å². The quantitative estimate of drug-likeness (QED) is 0.835. The zero-order valence-corrected chi connectivity index (χ0v) is 12.7. The zero-order valence-electron chi connectivity index (χ0n) is 11.1. The summed E-state index contributed by atoms with van der Waals surface area (Å²) in [6, 6.07) is 4.58. The van der Waals surface area contributed by atoms with E-state index in [2.05, 4.69) is 4.72 Å². The van der Waals surface area contributed by atoms with E-state index in [1.54, 1.807) is 6.07 Å². The lowest BCUT2D eigenvalue weighted by Crippen LogP contribution is -2.27. The highest BCUT2D eigenvalue weighted by Crippen LogP contribution is 2.20. The van der Waals surface area contributed by atoms with Gasteiger partial charge in [0.05, 0.1) is 11.0 Å². The first kappa shape index (κ1) is 15.7. The lowest BCUT2D eigenvalue weighted by Gasteiger charge is -2.11. The van der Waals surface area contributed by atoms with Gasteiger partial charge in [0.25, 0.3) is 0 Å². The molecule has 1 fully saturated rings. The van der Waals surface area contributed by atoms with Crippen LogP contribution in [-0.4, -0.2) is 27.7 Å². The highest BCUT2D eigenvalue weighted by molar-refractivity contribution is 7.89. The maximum atomic E-state index is 12.1. The Morgan fingerprint density at radius 3 is 2.85 bits per heavy atom. The molecule has 0 aliphatic carbocycles. The normalized spacial score (nSPS) is 19.4. The first-order valence-electron chi connectivity index (χ1n) is 6.62. The Hall–Kier alpha value is -0.660. The van der Waals surface area contributed by atoms with Crippen LogP contribution < -0.4 is 10.5 Å². The van der Waals surface area contributed by atoms with Crippen molar-refractivity contribution >= 4 is 21.6 Å². The summed E-state index contributed by atoms with van der Waals surface area (Å²) in [5, 5.41) is 0.370. The molecule has 1 heterocycles. The third-order valence-electron chi connectivity index (χ3n) is 3.34. The van der Waals surface area contributed by atoms with E-state index in [1.165, 1.54) is 12.1 Å². The Bertz CT molecular complexity index is 557. The van der Waals surface area contributed by atoms with Gasteiger partial charge in [-0.1, -0.05) is 17.7 Å². The number of nitrogens with two attached hydrogens (primary N) is 1. The van der Waals surface area contributed by atoms with Crippen LogP contribution in [-0.2, 0) is 21.3 Å². The van der Waals surface area contributed by atoms with Crippen LogP contribution in [0.4, 0.5) is 0 Å². The molecule has 1 unspecified atom stereocenters. The summed E-state index contributed by atoms with van der Waals surface area (Å²) < 4.78 is 32.3. The van der Waals surface area contributed by atoms with Crippen LogP contribution in [0, 0.1) is 0 Å². The molecule has 1 aliphatic heterocycles. The fraction of sp³-hybridized carbons (Fsp3) is 0.538. The Kier molecular flexibility index (Phi) is 5.40. The second-order valence-electron chi connectivity index (χ2n) is 4.78. The first-order valence-corrected chi connectivity index (χ1v) is 8.49. The molecule has 0 saturated carbocycles. The Morgan fingerprint density at radius 1 is 1.45 bits per heavy atom. The highest BCUT2D eigenvalue weighted by Gasteiger charge is 2.18. The van der Waals surface area contributed by atoms with E-state index in [9.17, 15) is 8.42 Å². The SMILES string of the molecule is NCc1ccc(S(=O)(=O)NCCC2CCCO2)cc1Cl. The number of rotatable bonds is 6. The molecule has 3 N–H and O–H groups in total. The average Bonchev–Trinajstić information content (AvgIpc) is 2.91. The molecule has 2 rings (SSSR count). The van der Waals surface area contributed by atoms with Gasteiger partial charge in [0.1, 0.15) is 0 Å². The predicted octanol–water partition coefficient (Wildman–Crippen LogP) is 1.65. The van der Waals surface area contributed by atoms with Crippen LogP contribution in [0.1, 0.15) is 24.8 Å². The van der Waals surface area contributed by atoms with Gasteiger partial charge in [0, 0.05) is 24.7 Å². The summed E-state index contributed by atoms with van der Waals surface area (Å²) in [6.45, 7) is 1.42. The molecule has 1 aliphatic rings. The molecular weight excluding hydrogens is 300 g/mol. The summed E-state index contributed by atoms with van der Waals surface area (Å²) >= 11 is 5.98. The van der Waals surface area contributed by atoms with Gasteiger partial charge in [-0.3, -0.25) is 0 Å². The van der Waals surface area contributed by atoms with Crippen molar-refractivity contribution in [1.82, 2.24) is 4.72 Å². The molecule has 1 atom stereocenters. The Balaban J connectivity index is 1.96. The lowest BCUT2D eigenvalue weighted by molar-refractivity contribution is 0.105. The number of nitrogens with one attached hydrogen (secondary N) is 1. The molecule has 7 heteroatoms. The van der Waals surface area contributed by atoms with Gasteiger partial charge in [-0.2, -0.15) is 0 Å². The minimum atomic E-state index is -3.53. The molecule has 0 bridgehead atoms. The van der Waals surface area contributed by atoms with Gasteiger partial charge < -0.3 is 10.5 Å². The van der Waals surface area contributed by atoms with E-state index in [-0.39, 0.29) is 17.5 Å². The Morgan fingerprint density at radius 2 is 2.25 bits per heavy atom. The molecule has 1 aromatic carbocycles. The number of hydrogen-bond donors (Lipinski definition) is 2. The van der Waals surface area contributed by atoms with Crippen molar-refractivity contribution < 1.29 is 13.2 Å². The van der Waals surface area contributed by atoms with Crippen LogP contribution in [0.15, 0.2) is 23.1 Å². The summed E-state index contributed by atoms with van der Waals surface area (Å²) in [5.41, 5.74) is 6.22. The fourth-order valence-electron chi connectivity index (χ4n) is 2.17. The molecular formula is C13H19ClN2O3S. The van der Waals surface area contributed by atoms with E-state index >= 15 is 0 Å². The second-order valence-corrected chi connectivity index (χ2v) is 6.95. The standard InChI is InChI=1S/C13H19ClN2O3S/c14-13-8-12(4-3-10(13)9-15)20(17,18)16-6-5-11-2-1-7-19-11/h3-4,8,11,16H,1-2,5-7,9,15H2. The van der Waals surface area contributed by atoms with Crippen molar-refractivity contribution in [2.24, 2.45) is 5.73 Å². The molecule has 0 amide bonds. The smallest absolute Gasteiger partial charge is 0.240 e. The minimum absolute atomic E-state index is 0.159. The maximum absolute atomic E-state index is 12.1. The number of benzene rings is 1. The van der Waals surface area contributed by atoms with Crippen LogP contribution in [0.25, 0.3) is 0 Å². The summed E-state index contributed by atoms with van der Waals surface area (Å²) in [7, 11) is -3.53. The monoisotopic (exact) mass is 318 g/mol. The minimum Gasteiger partial charge on any atom is -0.378 e. The van der Waals surface area contributed by atoms with Crippen molar-refractivity contribution in [3.8, 4) is 0 Å². The summed E-state index contributed by atoms with van der Waals surface area (Å²) in [6.07, 6.45) is 2.90. The average molecular weight is 319 g/mol. The third kappa shape index (κ3) is 3.93. The predicted molar refractivity (Wildman–Crippen MR) is 78.1 cm³/mol. The van der Waals surface area contributed by atoms with Crippen LogP contribution >= 0.6 is 11.6 Å². The van der Waals surface area contributed by atoms with E-state index in [4.69, 9.17) is 22.1 Å². The van der Waals surface area contributed by atoms with Crippen LogP contribution in [0.3, 0.4) is 0 Å². The number of ether oxygens (including phenoxy) is 1. The third-order valence-corrected chi connectivity index (χ3v) is 5.15. The van der Waals surface area contributed by atoms with E-state index < -0.39 is 10.0 Å². The van der Waals surface area contributed by atoms with Crippen molar-refractivity contribution in [3.05, 3.63) is 28.8 Å². The van der Waals surface area contributed by atoms with Crippen LogP contribution in [0.5, 0.6) is 0 Å². The Labute approximate surface area is 124 Å². The fourth-order valence-corrected chi connectivity index (χ4v) is 3.57. The molecule has 20 heavy (non-hydrogen) atoms. The molecule has 0 spiro atoms. The van der Waals surface area contributed by atoms with Crippen molar-refractivity contribution in [3.63, 3.8) is 0 Å². The van der Waals surface area contributed by atoms with E-state index in [0.29, 0.717) is 18.0 Å². The number of hydrogen-bond acceptors (Lipinski definition) is 4. The summed E-state index contributed by atoms with van der Waals surface area (Å²) in [5.74, 6) is 0. The van der Waals surface area contributed by atoms with Gasteiger partial charge in [0.15, 0.2) is 0 Å². The second kappa shape index (κ2) is 6.87. The van der Waals surface area contributed by atoms with Gasteiger partial charge in [-0.05, 0) is 37.0 Å². The van der Waals surface area contributed by atoms with E-state index in [1.807, 2.05) is 0 Å². The highest BCUT2D eigenvalue weighted by atomic mass is 35.5. The number of halogens is 1. The summed E-state index contributed by atoms with van der Waals surface area (Å²) in [4.78, 5) is 0.159. The maximum Gasteiger partial charge on any atom is 0.240 e. The molecule has 0 aromatic heterocycles. The van der Waals surface area contributed by atoms with Crippen molar-refractivity contribution in [2.75, 3.05) is 13.2 Å². The topological polar surface area (TPSA) is 81.4 Å². The lowest BCUT2D eigenvalue weighted by atomic mass is 10.2. The van der Waals surface area contributed by atoms with Crippen molar-refractivity contribution in [1.29, 1.82) is 0 Å². The van der Waals surface area contributed by atoms with Gasteiger partial charge in [-0.25, -0.2) is 13.1 Å². The number of sulfonamides is 1. The first-order chi connectivity index (χ1) is 9.53. The van der Waals surface area contributed by atoms with Gasteiger partial charge >= 0.3 is 0 Å². The molecule has 1 aromatic rings. The largest absolute Gasteiger partial charge is 0.378 e. The molecule has 1 saturated heterocycles. The van der Waals surface area contributed by atoms with E-state index in [0.717, 1.165) is 25.0 Å².